The van der Waals surface area contributed by atoms with Gasteiger partial charge in [-0.15, -0.1) is 0 Å². The average molecular weight is 262 g/mol. The third-order valence-corrected chi connectivity index (χ3v) is 3.60. The fourth-order valence-electron chi connectivity index (χ4n) is 2.08. The molecule has 1 atom stereocenters. The van der Waals surface area contributed by atoms with Crippen molar-refractivity contribution in [1.29, 1.82) is 0 Å². The van der Waals surface area contributed by atoms with Crippen molar-refractivity contribution in [2.24, 2.45) is 0 Å². The molecule has 1 rings (SSSR count). The smallest absolute Gasteiger partial charge is 0.0208 e. The summed E-state index contributed by atoms with van der Waals surface area (Å²) in [6.07, 6.45) is 0. The van der Waals surface area contributed by atoms with Crippen LogP contribution in [0.5, 0.6) is 0 Å². The van der Waals surface area contributed by atoms with E-state index in [1.807, 2.05) is 0 Å². The minimum absolute atomic E-state index is 0.239. The van der Waals surface area contributed by atoms with Crippen molar-refractivity contribution in [2.45, 2.75) is 52.6 Å². The van der Waals surface area contributed by atoms with Crippen molar-refractivity contribution < 1.29 is 0 Å². The second-order valence-electron chi connectivity index (χ2n) is 6.58. The SMILES string of the molecule is CCN(C)CC(C)NCc1ccc(C(C)(C)C)cc1. The van der Waals surface area contributed by atoms with E-state index in [1.165, 1.54) is 11.1 Å². The molecule has 108 valence electrons. The molecule has 0 saturated heterocycles. The summed E-state index contributed by atoms with van der Waals surface area (Å²) in [7, 11) is 2.16. The number of rotatable bonds is 6. The molecule has 0 amide bonds. The molecule has 1 aromatic rings. The number of nitrogens with one attached hydrogen (secondary N) is 1. The molecule has 0 aliphatic heterocycles. The zero-order valence-corrected chi connectivity index (χ0v) is 13.5. The summed E-state index contributed by atoms with van der Waals surface area (Å²) in [5.41, 5.74) is 3.00. The number of hydrogen-bond acceptors (Lipinski definition) is 2. The van der Waals surface area contributed by atoms with Gasteiger partial charge in [0.15, 0.2) is 0 Å². The van der Waals surface area contributed by atoms with E-state index in [1.54, 1.807) is 0 Å². The van der Waals surface area contributed by atoms with Gasteiger partial charge >= 0.3 is 0 Å². The minimum atomic E-state index is 0.239. The lowest BCUT2D eigenvalue weighted by Gasteiger charge is -2.21. The van der Waals surface area contributed by atoms with Crippen LogP contribution in [0.3, 0.4) is 0 Å². The Balaban J connectivity index is 2.46. The van der Waals surface area contributed by atoms with Gasteiger partial charge in [-0.3, -0.25) is 0 Å². The van der Waals surface area contributed by atoms with Crippen LogP contribution in [0.4, 0.5) is 0 Å². The Kier molecular flexibility index (Phi) is 6.02. The highest BCUT2D eigenvalue weighted by atomic mass is 15.1. The lowest BCUT2D eigenvalue weighted by Crippen LogP contribution is -2.36. The van der Waals surface area contributed by atoms with Crippen molar-refractivity contribution in [3.63, 3.8) is 0 Å². The maximum atomic E-state index is 3.58. The molecular weight excluding hydrogens is 232 g/mol. The molecule has 19 heavy (non-hydrogen) atoms. The van der Waals surface area contributed by atoms with Gasteiger partial charge in [-0.05, 0) is 37.1 Å². The Morgan fingerprint density at radius 3 is 2.21 bits per heavy atom. The highest BCUT2D eigenvalue weighted by Gasteiger charge is 2.12. The minimum Gasteiger partial charge on any atom is -0.309 e. The van der Waals surface area contributed by atoms with Crippen molar-refractivity contribution in [2.75, 3.05) is 20.1 Å². The molecule has 1 N–H and O–H groups in total. The van der Waals surface area contributed by atoms with Crippen LogP contribution in [-0.4, -0.2) is 31.1 Å². The van der Waals surface area contributed by atoms with Gasteiger partial charge in [0.2, 0.25) is 0 Å². The van der Waals surface area contributed by atoms with Crippen molar-refractivity contribution in [3.05, 3.63) is 35.4 Å². The van der Waals surface area contributed by atoms with Crippen molar-refractivity contribution >= 4 is 0 Å². The monoisotopic (exact) mass is 262 g/mol. The molecule has 1 unspecified atom stereocenters. The van der Waals surface area contributed by atoms with Crippen LogP contribution in [0, 0.1) is 0 Å². The van der Waals surface area contributed by atoms with Crippen molar-refractivity contribution in [1.82, 2.24) is 10.2 Å². The van der Waals surface area contributed by atoms with E-state index < -0.39 is 0 Å². The van der Waals surface area contributed by atoms with Gasteiger partial charge in [-0.25, -0.2) is 0 Å². The fraction of sp³-hybridized carbons (Fsp3) is 0.647. The molecule has 0 aromatic heterocycles. The van der Waals surface area contributed by atoms with Gasteiger partial charge < -0.3 is 10.2 Å². The van der Waals surface area contributed by atoms with E-state index in [2.05, 4.69) is 76.1 Å². The number of likely N-dealkylation sites (N-methyl/N-ethyl adjacent to an activating group) is 1. The largest absolute Gasteiger partial charge is 0.309 e. The molecule has 0 aliphatic carbocycles. The molecule has 0 radical (unpaired) electrons. The number of benzene rings is 1. The molecule has 0 spiro atoms. The molecule has 0 heterocycles. The first-order valence-corrected chi connectivity index (χ1v) is 7.34. The fourth-order valence-corrected chi connectivity index (χ4v) is 2.08. The average Bonchev–Trinajstić information content (AvgIpc) is 2.35. The normalized spacial score (nSPS) is 13.8. The van der Waals surface area contributed by atoms with Gasteiger partial charge in [0, 0.05) is 19.1 Å². The second-order valence-corrected chi connectivity index (χ2v) is 6.58. The summed E-state index contributed by atoms with van der Waals surface area (Å²) in [5, 5.41) is 3.58. The molecule has 2 heteroatoms. The number of nitrogens with zero attached hydrogens (tertiary/aromatic N) is 1. The molecular formula is C17H30N2. The zero-order chi connectivity index (χ0) is 14.5. The first kappa shape index (κ1) is 16.2. The third kappa shape index (κ3) is 5.75. The Hall–Kier alpha value is -0.860. The lowest BCUT2D eigenvalue weighted by atomic mass is 9.87. The van der Waals surface area contributed by atoms with E-state index >= 15 is 0 Å². The first-order valence-electron chi connectivity index (χ1n) is 7.34. The standard InChI is InChI=1S/C17H30N2/c1-7-19(6)13-14(2)18-12-15-8-10-16(11-9-15)17(3,4)5/h8-11,14,18H,7,12-13H2,1-6H3. The molecule has 0 aliphatic rings. The van der Waals surface area contributed by atoms with Gasteiger partial charge in [0.25, 0.3) is 0 Å². The molecule has 0 saturated carbocycles. The zero-order valence-electron chi connectivity index (χ0n) is 13.5. The van der Waals surface area contributed by atoms with Crippen LogP contribution in [-0.2, 0) is 12.0 Å². The summed E-state index contributed by atoms with van der Waals surface area (Å²) >= 11 is 0. The van der Waals surface area contributed by atoms with E-state index in [9.17, 15) is 0 Å². The maximum Gasteiger partial charge on any atom is 0.0208 e. The number of hydrogen-bond donors (Lipinski definition) is 1. The van der Waals surface area contributed by atoms with Crippen LogP contribution in [0.15, 0.2) is 24.3 Å². The van der Waals surface area contributed by atoms with E-state index in [4.69, 9.17) is 0 Å². The Bertz CT molecular complexity index is 362. The Morgan fingerprint density at radius 1 is 1.16 bits per heavy atom. The van der Waals surface area contributed by atoms with E-state index in [0.29, 0.717) is 6.04 Å². The van der Waals surface area contributed by atoms with Crippen LogP contribution >= 0.6 is 0 Å². The van der Waals surface area contributed by atoms with E-state index in [0.717, 1.165) is 19.6 Å². The van der Waals surface area contributed by atoms with Crippen molar-refractivity contribution in [3.8, 4) is 0 Å². The molecule has 2 nitrogen and oxygen atoms in total. The lowest BCUT2D eigenvalue weighted by molar-refractivity contribution is 0.309. The molecule has 1 aromatic carbocycles. The first-order chi connectivity index (χ1) is 8.82. The predicted molar refractivity (Wildman–Crippen MR) is 84.6 cm³/mol. The van der Waals surface area contributed by atoms with Gasteiger partial charge in [0.05, 0.1) is 0 Å². The predicted octanol–water partition coefficient (Wildman–Crippen LogP) is 3.41. The van der Waals surface area contributed by atoms with Crippen LogP contribution in [0.1, 0.15) is 45.7 Å². The summed E-state index contributed by atoms with van der Waals surface area (Å²) in [6.45, 7) is 14.3. The quantitative estimate of drug-likeness (QED) is 0.845. The van der Waals surface area contributed by atoms with Crippen LogP contribution in [0.2, 0.25) is 0 Å². The third-order valence-electron chi connectivity index (χ3n) is 3.60. The van der Waals surface area contributed by atoms with Gasteiger partial charge in [0.1, 0.15) is 0 Å². The highest BCUT2D eigenvalue weighted by Crippen LogP contribution is 2.22. The highest BCUT2D eigenvalue weighted by molar-refractivity contribution is 5.27. The maximum absolute atomic E-state index is 3.58. The Morgan fingerprint density at radius 2 is 1.74 bits per heavy atom. The van der Waals surface area contributed by atoms with Crippen LogP contribution in [0.25, 0.3) is 0 Å². The van der Waals surface area contributed by atoms with E-state index in [-0.39, 0.29) is 5.41 Å². The summed E-state index contributed by atoms with van der Waals surface area (Å²) in [4.78, 5) is 2.33. The van der Waals surface area contributed by atoms with Gasteiger partial charge in [-0.2, -0.15) is 0 Å². The molecule has 0 bridgehead atoms. The summed E-state index contributed by atoms with van der Waals surface area (Å²) < 4.78 is 0. The topological polar surface area (TPSA) is 15.3 Å². The Labute approximate surface area is 119 Å². The second kappa shape index (κ2) is 7.06. The van der Waals surface area contributed by atoms with Crippen LogP contribution < -0.4 is 5.32 Å². The van der Waals surface area contributed by atoms with Gasteiger partial charge in [-0.1, -0.05) is 52.0 Å². The summed E-state index contributed by atoms with van der Waals surface area (Å²) in [5.74, 6) is 0. The molecule has 0 fully saturated rings. The summed E-state index contributed by atoms with van der Waals surface area (Å²) in [6, 6.07) is 9.50.